The fourth-order valence-corrected chi connectivity index (χ4v) is 3.63. The number of fused-ring (bicyclic) bond motifs is 1. The predicted octanol–water partition coefficient (Wildman–Crippen LogP) is 5.51. The van der Waals surface area contributed by atoms with Gasteiger partial charge in [0.15, 0.2) is 0 Å². The predicted molar refractivity (Wildman–Crippen MR) is 125 cm³/mol. The highest BCUT2D eigenvalue weighted by atomic mass is 16.2. The zero-order valence-corrected chi connectivity index (χ0v) is 17.3. The largest absolute Gasteiger partial charge is 0.346 e. The van der Waals surface area contributed by atoms with Gasteiger partial charge in [-0.3, -0.25) is 9.59 Å². The molecule has 0 aromatic heterocycles. The molecular weight excluding hydrogens is 384 g/mol. The van der Waals surface area contributed by atoms with Gasteiger partial charge in [0.2, 0.25) is 5.91 Å². The number of amides is 2. The lowest BCUT2D eigenvalue weighted by atomic mass is 10.0. The number of benzene rings is 4. The monoisotopic (exact) mass is 408 g/mol. The quantitative estimate of drug-likeness (QED) is 0.442. The zero-order chi connectivity index (χ0) is 21.6. The van der Waals surface area contributed by atoms with Gasteiger partial charge in [-0.15, -0.1) is 0 Å². The van der Waals surface area contributed by atoms with E-state index >= 15 is 0 Å². The van der Waals surface area contributed by atoms with Crippen molar-refractivity contribution >= 4 is 28.3 Å². The van der Waals surface area contributed by atoms with E-state index in [9.17, 15) is 9.59 Å². The van der Waals surface area contributed by atoms with E-state index in [1.165, 1.54) is 0 Å². The minimum atomic E-state index is -0.148. The van der Waals surface area contributed by atoms with Crippen molar-refractivity contribution in [3.8, 4) is 0 Å². The number of anilines is 1. The van der Waals surface area contributed by atoms with E-state index in [0.29, 0.717) is 11.3 Å². The van der Waals surface area contributed by atoms with E-state index in [1.54, 1.807) is 24.3 Å². The van der Waals surface area contributed by atoms with Crippen LogP contribution in [-0.2, 0) is 11.2 Å². The second kappa shape index (κ2) is 9.26. The molecule has 2 N–H and O–H groups in total. The molecule has 1 atom stereocenters. The van der Waals surface area contributed by atoms with Gasteiger partial charge in [0.1, 0.15) is 0 Å². The van der Waals surface area contributed by atoms with E-state index in [2.05, 4.69) is 10.6 Å². The lowest BCUT2D eigenvalue weighted by Crippen LogP contribution is -2.26. The molecule has 0 saturated carbocycles. The van der Waals surface area contributed by atoms with Gasteiger partial charge in [-0.25, -0.2) is 0 Å². The summed E-state index contributed by atoms with van der Waals surface area (Å²) in [6, 6.07) is 30.7. The number of nitrogens with one attached hydrogen (secondary N) is 2. The summed E-state index contributed by atoms with van der Waals surface area (Å²) in [6.07, 6.45) is 0.290. The average Bonchev–Trinajstić information content (AvgIpc) is 2.80. The molecule has 0 radical (unpaired) electrons. The molecule has 154 valence electrons. The third-order valence-electron chi connectivity index (χ3n) is 5.31. The van der Waals surface area contributed by atoms with Gasteiger partial charge in [0.05, 0.1) is 12.5 Å². The first-order valence-electron chi connectivity index (χ1n) is 10.3. The van der Waals surface area contributed by atoms with Crippen molar-refractivity contribution in [2.45, 2.75) is 19.4 Å². The summed E-state index contributed by atoms with van der Waals surface area (Å²) in [6.45, 7) is 1.95. The minimum absolute atomic E-state index is 0.0891. The van der Waals surface area contributed by atoms with Crippen LogP contribution in [0.3, 0.4) is 0 Å². The SMILES string of the molecule is CC(NC(=O)c1ccc(NC(=O)Cc2cccc3ccccc23)cc1)c1ccccc1. The van der Waals surface area contributed by atoms with Crippen LogP contribution in [0, 0.1) is 0 Å². The van der Waals surface area contributed by atoms with Gasteiger partial charge in [0.25, 0.3) is 5.91 Å². The summed E-state index contributed by atoms with van der Waals surface area (Å²) in [4.78, 5) is 25.1. The molecule has 0 aliphatic rings. The highest BCUT2D eigenvalue weighted by molar-refractivity contribution is 5.98. The van der Waals surface area contributed by atoms with Crippen molar-refractivity contribution in [1.29, 1.82) is 0 Å². The van der Waals surface area contributed by atoms with Crippen molar-refractivity contribution in [3.05, 3.63) is 114 Å². The molecule has 4 heteroatoms. The van der Waals surface area contributed by atoms with Gasteiger partial charge < -0.3 is 10.6 Å². The molecule has 0 aliphatic carbocycles. The Morgan fingerprint density at radius 1 is 0.774 bits per heavy atom. The molecule has 2 amide bonds. The van der Waals surface area contributed by atoms with Crippen molar-refractivity contribution in [2.24, 2.45) is 0 Å². The average molecular weight is 409 g/mol. The van der Waals surface area contributed by atoms with E-state index in [4.69, 9.17) is 0 Å². The number of carbonyl (C=O) groups is 2. The summed E-state index contributed by atoms with van der Waals surface area (Å²) in [5, 5.41) is 8.11. The van der Waals surface area contributed by atoms with Crippen LogP contribution in [0.2, 0.25) is 0 Å². The van der Waals surface area contributed by atoms with Crippen molar-refractivity contribution in [3.63, 3.8) is 0 Å². The Morgan fingerprint density at radius 2 is 1.45 bits per heavy atom. The molecule has 4 rings (SSSR count). The maximum absolute atomic E-state index is 12.6. The molecule has 0 heterocycles. The molecule has 1 unspecified atom stereocenters. The number of rotatable bonds is 6. The topological polar surface area (TPSA) is 58.2 Å². The Hall–Kier alpha value is -3.92. The van der Waals surface area contributed by atoms with Crippen LogP contribution >= 0.6 is 0 Å². The number of hydrogen-bond donors (Lipinski definition) is 2. The fourth-order valence-electron chi connectivity index (χ4n) is 3.63. The molecule has 0 saturated heterocycles. The highest BCUT2D eigenvalue weighted by Crippen LogP contribution is 2.20. The first-order chi connectivity index (χ1) is 15.1. The van der Waals surface area contributed by atoms with Gasteiger partial charge in [-0.2, -0.15) is 0 Å². The third kappa shape index (κ3) is 4.98. The molecule has 4 aromatic carbocycles. The van der Waals surface area contributed by atoms with Crippen molar-refractivity contribution < 1.29 is 9.59 Å². The van der Waals surface area contributed by atoms with Crippen LogP contribution in [0.1, 0.15) is 34.5 Å². The summed E-state index contributed by atoms with van der Waals surface area (Å²) in [5.41, 5.74) is 3.25. The Balaban J connectivity index is 1.38. The molecule has 0 spiro atoms. The second-order valence-electron chi connectivity index (χ2n) is 7.55. The molecule has 4 aromatic rings. The van der Waals surface area contributed by atoms with Crippen molar-refractivity contribution in [2.75, 3.05) is 5.32 Å². The van der Waals surface area contributed by atoms with Crippen LogP contribution in [0.5, 0.6) is 0 Å². The molecule has 0 fully saturated rings. The van der Waals surface area contributed by atoms with Crippen LogP contribution in [0.4, 0.5) is 5.69 Å². The lowest BCUT2D eigenvalue weighted by Gasteiger charge is -2.14. The fraction of sp³-hybridized carbons (Fsp3) is 0.111. The Kier molecular flexibility index (Phi) is 6.08. The summed E-state index contributed by atoms with van der Waals surface area (Å²) < 4.78 is 0. The van der Waals surface area contributed by atoms with E-state index < -0.39 is 0 Å². The second-order valence-corrected chi connectivity index (χ2v) is 7.55. The van der Waals surface area contributed by atoms with Crippen LogP contribution < -0.4 is 10.6 Å². The van der Waals surface area contributed by atoms with E-state index in [-0.39, 0.29) is 24.3 Å². The van der Waals surface area contributed by atoms with Gasteiger partial charge in [0, 0.05) is 11.3 Å². The van der Waals surface area contributed by atoms with Crippen molar-refractivity contribution in [1.82, 2.24) is 5.32 Å². The van der Waals surface area contributed by atoms with Gasteiger partial charge in [-0.05, 0) is 53.1 Å². The van der Waals surface area contributed by atoms with Crippen LogP contribution in [-0.4, -0.2) is 11.8 Å². The summed E-state index contributed by atoms with van der Waals surface area (Å²) >= 11 is 0. The summed E-state index contributed by atoms with van der Waals surface area (Å²) in [7, 11) is 0. The lowest BCUT2D eigenvalue weighted by molar-refractivity contribution is -0.115. The number of carbonyl (C=O) groups excluding carboxylic acids is 2. The zero-order valence-electron chi connectivity index (χ0n) is 17.3. The van der Waals surface area contributed by atoms with Crippen LogP contribution in [0.25, 0.3) is 10.8 Å². The summed E-state index contributed by atoms with van der Waals surface area (Å²) in [5.74, 6) is -0.240. The number of hydrogen-bond acceptors (Lipinski definition) is 2. The van der Waals surface area contributed by atoms with Gasteiger partial charge in [-0.1, -0.05) is 72.8 Å². The Labute approximate surface area is 181 Å². The maximum Gasteiger partial charge on any atom is 0.251 e. The van der Waals surface area contributed by atoms with Gasteiger partial charge >= 0.3 is 0 Å². The first kappa shape index (κ1) is 20.4. The van der Waals surface area contributed by atoms with E-state index in [1.807, 2.05) is 79.7 Å². The molecule has 0 aliphatic heterocycles. The molecule has 4 nitrogen and oxygen atoms in total. The Morgan fingerprint density at radius 3 is 2.23 bits per heavy atom. The van der Waals surface area contributed by atoms with Crippen LogP contribution in [0.15, 0.2) is 97.1 Å². The molecule has 31 heavy (non-hydrogen) atoms. The maximum atomic E-state index is 12.6. The van der Waals surface area contributed by atoms with E-state index in [0.717, 1.165) is 21.9 Å². The molecule has 0 bridgehead atoms. The standard InChI is InChI=1S/C27H24N2O2/c1-19(20-8-3-2-4-9-20)28-27(31)22-14-16-24(17-15-22)29-26(30)18-23-12-7-11-21-10-5-6-13-25(21)23/h2-17,19H,18H2,1H3,(H,28,31)(H,29,30). The highest BCUT2D eigenvalue weighted by Gasteiger charge is 2.12. The minimum Gasteiger partial charge on any atom is -0.346 e. The Bertz CT molecular complexity index is 1200. The third-order valence-corrected chi connectivity index (χ3v) is 5.31. The normalized spacial score (nSPS) is 11.6. The smallest absolute Gasteiger partial charge is 0.251 e. The molecular formula is C27H24N2O2. The first-order valence-corrected chi connectivity index (χ1v) is 10.3.